The Morgan fingerprint density at radius 1 is 1.16 bits per heavy atom. The summed E-state index contributed by atoms with van der Waals surface area (Å²) in [6.45, 7) is 0.545. The number of nitrogens with zero attached hydrogens (tertiary/aromatic N) is 2. The van der Waals surface area contributed by atoms with Crippen LogP contribution in [0.3, 0.4) is 0 Å². The quantitative estimate of drug-likeness (QED) is 0.257. The smallest absolute Gasteiger partial charge is 0.408 e. The lowest BCUT2D eigenvalue weighted by Gasteiger charge is -2.41. The Hall–Kier alpha value is -3.75. The van der Waals surface area contributed by atoms with Gasteiger partial charge in [-0.1, -0.05) is 18.2 Å². The van der Waals surface area contributed by atoms with Crippen LogP contribution in [0.15, 0.2) is 42.5 Å². The fourth-order valence-electron chi connectivity index (χ4n) is 5.74. The Morgan fingerprint density at radius 2 is 1.91 bits per heavy atom. The molecular formula is C29H32F4N4O6. The molecule has 6 rings (SSSR count). The van der Waals surface area contributed by atoms with Crippen molar-refractivity contribution in [1.82, 2.24) is 15.1 Å². The number of nitrogens with one attached hydrogen (secondary N) is 2. The number of hydrogen-bond acceptors (Lipinski definition) is 6. The molecule has 2 aromatic carbocycles. The fourth-order valence-corrected chi connectivity index (χ4v) is 5.74. The Kier molecular flexibility index (Phi) is 8.63. The molecule has 3 aliphatic heterocycles. The van der Waals surface area contributed by atoms with Crippen LogP contribution in [0.1, 0.15) is 49.3 Å². The van der Waals surface area contributed by atoms with E-state index in [-0.39, 0.29) is 19.5 Å². The second kappa shape index (κ2) is 12.1. The highest BCUT2D eigenvalue weighted by Gasteiger charge is 2.66. The fraction of sp³-hybridized carbons (Fsp3) is 0.483. The summed E-state index contributed by atoms with van der Waals surface area (Å²) in [7, 11) is 0. The molecule has 0 aromatic heterocycles. The Labute approximate surface area is 244 Å². The third-order valence-corrected chi connectivity index (χ3v) is 8.06. The highest BCUT2D eigenvalue weighted by Crippen LogP contribution is 2.56. The lowest BCUT2D eigenvalue weighted by Crippen LogP contribution is -2.59. The number of halogens is 4. The third kappa shape index (κ3) is 6.45. The highest BCUT2D eigenvalue weighted by molar-refractivity contribution is 5.89. The number of carboxylic acids is 1. The predicted octanol–water partition coefficient (Wildman–Crippen LogP) is 4.30. The van der Waals surface area contributed by atoms with E-state index in [0.29, 0.717) is 43.5 Å². The number of alkyl halides is 3. The number of rotatable bonds is 11. The van der Waals surface area contributed by atoms with E-state index in [0.717, 1.165) is 35.1 Å². The maximum absolute atomic E-state index is 13.7. The molecule has 4 atom stereocenters. The van der Waals surface area contributed by atoms with Gasteiger partial charge < -0.3 is 30.1 Å². The van der Waals surface area contributed by atoms with Gasteiger partial charge in [0.15, 0.2) is 6.23 Å². The topological polar surface area (TPSA) is 120 Å². The second-order valence-corrected chi connectivity index (χ2v) is 10.9. The van der Waals surface area contributed by atoms with Gasteiger partial charge in [0.05, 0.1) is 6.54 Å². The van der Waals surface area contributed by atoms with Crippen LogP contribution in [0.5, 0.6) is 0 Å². The number of carboxylic acid groups (broad SMARTS) is 1. The monoisotopic (exact) mass is 608 g/mol. The van der Waals surface area contributed by atoms with E-state index >= 15 is 0 Å². The first kappa shape index (κ1) is 30.7. The Balaban J connectivity index is 1.22. The zero-order valence-electron chi connectivity index (χ0n) is 23.3. The van der Waals surface area contributed by atoms with Crippen molar-refractivity contribution in [3.05, 3.63) is 65.0 Å². The number of benzene rings is 2. The largest absolute Gasteiger partial charge is 0.481 e. The van der Waals surface area contributed by atoms with Crippen LogP contribution in [0.25, 0.3) is 0 Å². The van der Waals surface area contributed by atoms with Gasteiger partial charge in [0, 0.05) is 25.2 Å². The number of carbonyl (C=O) groups is 3. The molecule has 2 unspecified atom stereocenters. The summed E-state index contributed by atoms with van der Waals surface area (Å²) in [5, 5.41) is 14.1. The average Bonchev–Trinajstić information content (AvgIpc) is 3.60. The predicted molar refractivity (Wildman–Crippen MR) is 144 cm³/mol. The Morgan fingerprint density at radius 3 is 2.60 bits per heavy atom. The van der Waals surface area contributed by atoms with Crippen LogP contribution in [0.4, 0.5) is 28.0 Å². The number of hydrogen-bond donors (Lipinski definition) is 3. The summed E-state index contributed by atoms with van der Waals surface area (Å²) >= 11 is 0. The summed E-state index contributed by atoms with van der Waals surface area (Å²) in [6.07, 6.45) is -4.09. The number of ether oxygens (including phenoxy) is 2. The van der Waals surface area contributed by atoms with Crippen molar-refractivity contribution in [3.8, 4) is 0 Å². The zero-order valence-corrected chi connectivity index (χ0v) is 23.3. The molecule has 43 heavy (non-hydrogen) atoms. The maximum Gasteiger partial charge on any atom is 0.408 e. The number of aliphatic carboxylic acids is 1. The highest BCUT2D eigenvalue weighted by atomic mass is 19.4. The van der Waals surface area contributed by atoms with Crippen molar-refractivity contribution in [3.63, 3.8) is 0 Å². The molecule has 1 aliphatic carbocycles. The summed E-state index contributed by atoms with van der Waals surface area (Å²) in [4.78, 5) is 38.4. The summed E-state index contributed by atoms with van der Waals surface area (Å²) in [6, 6.07) is 7.80. The van der Waals surface area contributed by atoms with E-state index < -0.39 is 54.2 Å². The lowest BCUT2D eigenvalue weighted by molar-refractivity contribution is -0.285. The Bertz CT molecular complexity index is 1370. The molecule has 0 saturated carbocycles. The van der Waals surface area contributed by atoms with Crippen LogP contribution < -0.4 is 10.6 Å². The number of urea groups is 1. The van der Waals surface area contributed by atoms with Crippen LogP contribution in [-0.4, -0.2) is 70.8 Å². The summed E-state index contributed by atoms with van der Waals surface area (Å²) in [5.41, 5.74) is 1.74. The molecule has 4 aliphatic rings. The van der Waals surface area contributed by atoms with Crippen LogP contribution in [0.2, 0.25) is 0 Å². The number of anilines is 1. The van der Waals surface area contributed by atoms with E-state index in [1.165, 1.54) is 12.1 Å². The van der Waals surface area contributed by atoms with Crippen molar-refractivity contribution in [2.45, 2.75) is 76.0 Å². The molecule has 10 nitrogen and oxygen atoms in total. The number of fused-ring (bicyclic) bond motifs is 1. The molecule has 232 valence electrons. The number of aryl methyl sites for hydroxylation is 1. The van der Waals surface area contributed by atoms with Gasteiger partial charge >= 0.3 is 18.2 Å². The SMILES string of the molecule is C[C@H](N(Cc1ccc(F)cc1)C(=O)CN1C2OC1[C@]1(CCc3cc(NC(=O)NCCCCC(=O)O)ccc31)O2)C(F)(F)F. The van der Waals surface area contributed by atoms with Gasteiger partial charge in [-0.25, -0.2) is 14.1 Å². The molecule has 3 saturated heterocycles. The van der Waals surface area contributed by atoms with Crippen molar-refractivity contribution in [2.75, 3.05) is 18.4 Å². The molecule has 3 heterocycles. The first-order valence-corrected chi connectivity index (χ1v) is 14.0. The molecule has 14 heteroatoms. The van der Waals surface area contributed by atoms with E-state index in [4.69, 9.17) is 14.6 Å². The first-order chi connectivity index (χ1) is 20.4. The van der Waals surface area contributed by atoms with Crippen molar-refractivity contribution < 1.29 is 46.5 Å². The second-order valence-electron chi connectivity index (χ2n) is 10.9. The van der Waals surface area contributed by atoms with Crippen molar-refractivity contribution in [2.24, 2.45) is 0 Å². The lowest BCUT2D eigenvalue weighted by atomic mass is 9.93. The van der Waals surface area contributed by atoms with Gasteiger partial charge in [-0.05, 0) is 73.6 Å². The van der Waals surface area contributed by atoms with E-state index in [9.17, 15) is 31.9 Å². The van der Waals surface area contributed by atoms with Gasteiger partial charge in [-0.15, -0.1) is 0 Å². The first-order valence-electron chi connectivity index (χ1n) is 14.0. The average molecular weight is 609 g/mol. The molecule has 2 aromatic rings. The third-order valence-electron chi connectivity index (χ3n) is 8.06. The standard InChI is InChI=1S/C29H32F4N4O6/c1-17(29(31,32)33)36(15-18-5-7-20(30)8-6-18)23(38)16-37-25-28(43-27(37)42-25)12-11-19-14-21(9-10-22(19)28)35-26(41)34-13-3-2-4-24(39)40/h5-10,14,17,25,27H,2-4,11-13,15-16H2,1H3,(H,39,40)(H2,34,35,41)/t17-,25?,27?,28+/m0/s1. The number of unbranched alkanes of at least 4 members (excludes halogenated alkanes) is 1. The van der Waals surface area contributed by atoms with Crippen LogP contribution >= 0.6 is 0 Å². The molecule has 0 radical (unpaired) electrons. The van der Waals surface area contributed by atoms with Gasteiger partial charge in [0.25, 0.3) is 0 Å². The molecule has 1 spiro atoms. The van der Waals surface area contributed by atoms with E-state index in [1.807, 2.05) is 6.07 Å². The minimum atomic E-state index is -4.66. The minimum absolute atomic E-state index is 0.0377. The van der Waals surface area contributed by atoms with E-state index in [2.05, 4.69) is 10.6 Å². The molecule has 3 N–H and O–H groups in total. The summed E-state index contributed by atoms with van der Waals surface area (Å²) in [5.74, 6) is -2.18. The van der Waals surface area contributed by atoms with Crippen molar-refractivity contribution in [1.29, 1.82) is 0 Å². The summed E-state index contributed by atoms with van der Waals surface area (Å²) < 4.78 is 66.4. The molecule has 3 fully saturated rings. The van der Waals surface area contributed by atoms with E-state index in [1.54, 1.807) is 17.0 Å². The van der Waals surface area contributed by atoms with Crippen LogP contribution in [-0.2, 0) is 37.6 Å². The van der Waals surface area contributed by atoms with Gasteiger partial charge in [0.2, 0.25) is 12.3 Å². The van der Waals surface area contributed by atoms with Crippen LogP contribution in [0, 0.1) is 5.82 Å². The van der Waals surface area contributed by atoms with Crippen molar-refractivity contribution >= 4 is 23.6 Å². The minimum Gasteiger partial charge on any atom is -0.481 e. The molecular weight excluding hydrogens is 576 g/mol. The zero-order chi connectivity index (χ0) is 30.9. The molecule has 2 bridgehead atoms. The van der Waals surface area contributed by atoms with Gasteiger partial charge in [-0.2, -0.15) is 13.2 Å². The van der Waals surface area contributed by atoms with Gasteiger partial charge in [0.1, 0.15) is 17.5 Å². The maximum atomic E-state index is 13.7. The van der Waals surface area contributed by atoms with Gasteiger partial charge in [-0.3, -0.25) is 9.59 Å². The number of carbonyl (C=O) groups excluding carboxylic acids is 2. The number of amides is 3. The molecule has 3 amide bonds. The normalized spacial score (nSPS) is 23.0.